The Labute approximate surface area is 129 Å². The van der Waals surface area contributed by atoms with Crippen molar-refractivity contribution in [3.8, 4) is 5.88 Å². The highest BCUT2D eigenvalue weighted by Crippen LogP contribution is 2.34. The van der Waals surface area contributed by atoms with Crippen molar-refractivity contribution < 1.29 is 14.3 Å². The fourth-order valence-corrected chi connectivity index (χ4v) is 3.30. The van der Waals surface area contributed by atoms with E-state index in [9.17, 15) is 4.79 Å². The Morgan fingerprint density at radius 3 is 2.62 bits per heavy atom. The van der Waals surface area contributed by atoms with Crippen molar-refractivity contribution >= 4 is 23.5 Å². The number of piperidine rings is 1. The molecule has 21 heavy (non-hydrogen) atoms. The number of hydrogen-bond donors (Lipinski definition) is 0. The van der Waals surface area contributed by atoms with Gasteiger partial charge in [-0.1, -0.05) is 6.92 Å². The molecule has 0 bridgehead atoms. The summed E-state index contributed by atoms with van der Waals surface area (Å²) in [5.41, 5.74) is 0. The van der Waals surface area contributed by atoms with Crippen LogP contribution in [0.25, 0.3) is 0 Å². The first kappa shape index (κ1) is 16.0. The molecule has 3 unspecified atom stereocenters. The normalized spacial score (nSPS) is 23.7. The van der Waals surface area contributed by atoms with E-state index in [1.807, 2.05) is 6.92 Å². The number of aromatic nitrogens is 2. The monoisotopic (exact) mass is 313 g/mol. The third-order valence-electron chi connectivity index (χ3n) is 3.97. The molecular formula is C14H23N3O3S. The minimum absolute atomic E-state index is 0.379. The van der Waals surface area contributed by atoms with E-state index in [4.69, 9.17) is 9.47 Å². The summed E-state index contributed by atoms with van der Waals surface area (Å²) in [7, 11) is 1.36. The lowest BCUT2D eigenvalue weighted by Crippen LogP contribution is -2.44. The molecule has 1 fully saturated rings. The molecule has 118 valence electrons. The molecule has 3 atom stereocenters. The Morgan fingerprint density at radius 1 is 1.38 bits per heavy atom. The van der Waals surface area contributed by atoms with Gasteiger partial charge in [0.1, 0.15) is 0 Å². The highest BCUT2D eigenvalue weighted by atomic mass is 32.1. The average Bonchev–Trinajstić information content (AvgIpc) is 2.91. The summed E-state index contributed by atoms with van der Waals surface area (Å²) in [6.07, 6.45) is 3.40. The number of hydrogen-bond acceptors (Lipinski definition) is 7. The van der Waals surface area contributed by atoms with Gasteiger partial charge in [0, 0.05) is 12.1 Å². The molecule has 0 radical (unpaired) electrons. The predicted octanol–water partition coefficient (Wildman–Crippen LogP) is 2.64. The Bertz CT molecular complexity index is 470. The maximum absolute atomic E-state index is 11.7. The second-order valence-corrected chi connectivity index (χ2v) is 6.00. The maximum atomic E-state index is 11.7. The summed E-state index contributed by atoms with van der Waals surface area (Å²) in [4.78, 5) is 13.9. The zero-order valence-corrected chi connectivity index (χ0v) is 13.9. The van der Waals surface area contributed by atoms with E-state index in [0.29, 0.717) is 24.4 Å². The number of carbonyl (C=O) groups is 1. The van der Waals surface area contributed by atoms with Crippen molar-refractivity contribution in [1.82, 2.24) is 8.75 Å². The average molecular weight is 313 g/mol. The van der Waals surface area contributed by atoms with Crippen LogP contribution in [0.15, 0.2) is 0 Å². The molecule has 1 aliphatic rings. The maximum Gasteiger partial charge on any atom is 0.347 e. The van der Waals surface area contributed by atoms with E-state index in [1.165, 1.54) is 13.5 Å². The van der Waals surface area contributed by atoms with E-state index in [1.54, 1.807) is 0 Å². The van der Waals surface area contributed by atoms with Gasteiger partial charge in [0.05, 0.1) is 18.8 Å². The Kier molecular flexibility index (Phi) is 5.39. The smallest absolute Gasteiger partial charge is 0.347 e. The second kappa shape index (κ2) is 7.06. The van der Waals surface area contributed by atoms with Gasteiger partial charge in [-0.2, -0.15) is 4.37 Å². The summed E-state index contributed by atoms with van der Waals surface area (Å²) in [6.45, 7) is 6.26. The quantitative estimate of drug-likeness (QED) is 0.779. The van der Waals surface area contributed by atoms with Crippen LogP contribution in [0.4, 0.5) is 5.82 Å². The molecular weight excluding hydrogens is 290 g/mol. The topological polar surface area (TPSA) is 64.6 Å². The van der Waals surface area contributed by atoms with Crippen molar-refractivity contribution in [3.05, 3.63) is 0 Å². The van der Waals surface area contributed by atoms with E-state index < -0.39 is 6.10 Å². The third kappa shape index (κ3) is 3.45. The standard InChI is InChI=1S/C14H23N3O3S/c1-5-11(14(18)19-4)20-13-12(15-21-16-13)17-9(2)7-6-8-10(17)3/h9-11H,5-8H2,1-4H3. The molecule has 7 heteroatoms. The first-order valence-electron chi connectivity index (χ1n) is 7.43. The van der Waals surface area contributed by atoms with E-state index in [-0.39, 0.29) is 5.97 Å². The van der Waals surface area contributed by atoms with Gasteiger partial charge >= 0.3 is 5.97 Å². The van der Waals surface area contributed by atoms with Crippen LogP contribution in [-0.2, 0) is 9.53 Å². The van der Waals surface area contributed by atoms with Crippen LogP contribution in [0.2, 0.25) is 0 Å². The lowest BCUT2D eigenvalue weighted by atomic mass is 9.98. The molecule has 1 aromatic heterocycles. The predicted molar refractivity (Wildman–Crippen MR) is 81.9 cm³/mol. The summed E-state index contributed by atoms with van der Waals surface area (Å²) < 4.78 is 19.1. The molecule has 0 spiro atoms. The molecule has 1 saturated heterocycles. The van der Waals surface area contributed by atoms with Crippen LogP contribution in [0.5, 0.6) is 5.88 Å². The molecule has 0 aromatic carbocycles. The van der Waals surface area contributed by atoms with Gasteiger partial charge in [-0.15, -0.1) is 4.37 Å². The van der Waals surface area contributed by atoms with Crippen molar-refractivity contribution in [2.45, 2.75) is 64.6 Å². The summed E-state index contributed by atoms with van der Waals surface area (Å²) in [5, 5.41) is 0. The van der Waals surface area contributed by atoms with Crippen LogP contribution in [0.1, 0.15) is 46.5 Å². The number of rotatable bonds is 5. The Balaban J connectivity index is 2.19. The molecule has 2 rings (SSSR count). The zero-order chi connectivity index (χ0) is 15.4. The molecule has 1 aromatic rings. The molecule has 6 nitrogen and oxygen atoms in total. The lowest BCUT2D eigenvalue weighted by molar-refractivity contribution is -0.149. The molecule has 0 aliphatic carbocycles. The molecule has 0 saturated carbocycles. The number of nitrogens with zero attached hydrogens (tertiary/aromatic N) is 3. The molecule has 0 amide bonds. The van der Waals surface area contributed by atoms with Crippen molar-refractivity contribution in [3.63, 3.8) is 0 Å². The second-order valence-electron chi connectivity index (χ2n) is 5.47. The van der Waals surface area contributed by atoms with Gasteiger partial charge < -0.3 is 14.4 Å². The first-order valence-corrected chi connectivity index (χ1v) is 8.16. The number of methoxy groups -OCH3 is 1. The highest BCUT2D eigenvalue weighted by molar-refractivity contribution is 6.99. The largest absolute Gasteiger partial charge is 0.466 e. The number of ether oxygens (including phenoxy) is 2. The van der Waals surface area contributed by atoms with Crippen LogP contribution in [0.3, 0.4) is 0 Å². The SMILES string of the molecule is CCC(Oc1nsnc1N1C(C)CCCC1C)C(=O)OC. The molecule has 2 heterocycles. The van der Waals surface area contributed by atoms with Gasteiger partial charge in [-0.25, -0.2) is 4.79 Å². The van der Waals surface area contributed by atoms with Crippen molar-refractivity contribution in [2.75, 3.05) is 12.0 Å². The fourth-order valence-electron chi connectivity index (χ4n) is 2.81. The Hall–Kier alpha value is -1.37. The minimum atomic E-state index is -0.631. The first-order chi connectivity index (χ1) is 10.1. The van der Waals surface area contributed by atoms with Gasteiger partial charge in [0.2, 0.25) is 5.82 Å². The van der Waals surface area contributed by atoms with E-state index >= 15 is 0 Å². The highest BCUT2D eigenvalue weighted by Gasteiger charge is 2.31. The van der Waals surface area contributed by atoms with Gasteiger partial charge in [0.15, 0.2) is 6.10 Å². The summed E-state index contributed by atoms with van der Waals surface area (Å²) >= 11 is 1.12. The van der Waals surface area contributed by atoms with Crippen LogP contribution >= 0.6 is 11.7 Å². The van der Waals surface area contributed by atoms with Gasteiger partial charge in [-0.3, -0.25) is 0 Å². The van der Waals surface area contributed by atoms with Crippen molar-refractivity contribution in [2.24, 2.45) is 0 Å². The summed E-state index contributed by atoms with van der Waals surface area (Å²) in [6, 6.07) is 0.802. The van der Waals surface area contributed by atoms with Crippen LogP contribution in [0, 0.1) is 0 Å². The van der Waals surface area contributed by atoms with Crippen molar-refractivity contribution in [1.29, 1.82) is 0 Å². The van der Waals surface area contributed by atoms with Gasteiger partial charge in [0.25, 0.3) is 5.88 Å². The minimum Gasteiger partial charge on any atom is -0.466 e. The number of anilines is 1. The number of carbonyl (C=O) groups excluding carboxylic acids is 1. The zero-order valence-electron chi connectivity index (χ0n) is 13.0. The van der Waals surface area contributed by atoms with Crippen LogP contribution in [-0.4, -0.2) is 40.0 Å². The fraction of sp³-hybridized carbons (Fsp3) is 0.786. The van der Waals surface area contributed by atoms with Crippen LogP contribution < -0.4 is 9.64 Å². The van der Waals surface area contributed by atoms with E-state index in [0.717, 1.165) is 30.4 Å². The Morgan fingerprint density at radius 2 is 2.05 bits per heavy atom. The van der Waals surface area contributed by atoms with Gasteiger partial charge in [-0.05, 0) is 39.5 Å². The molecule has 1 aliphatic heterocycles. The number of esters is 1. The third-order valence-corrected chi connectivity index (χ3v) is 4.47. The summed E-state index contributed by atoms with van der Waals surface area (Å²) in [5.74, 6) is 0.816. The van der Waals surface area contributed by atoms with E-state index in [2.05, 4.69) is 27.5 Å². The molecule has 0 N–H and O–H groups in total. The lowest BCUT2D eigenvalue weighted by Gasteiger charge is -2.39.